The Kier molecular flexibility index (Phi) is 5.93. The van der Waals surface area contributed by atoms with Gasteiger partial charge in [0.2, 0.25) is 11.0 Å². The van der Waals surface area contributed by atoms with Gasteiger partial charge in [-0.3, -0.25) is 4.79 Å². The maximum Gasteiger partial charge on any atom is 0.233 e. The summed E-state index contributed by atoms with van der Waals surface area (Å²) in [5.41, 5.74) is 0.00104. The van der Waals surface area contributed by atoms with Crippen LogP contribution >= 0.6 is 23.1 Å². The van der Waals surface area contributed by atoms with Gasteiger partial charge in [0.05, 0.1) is 18.2 Å². The summed E-state index contributed by atoms with van der Waals surface area (Å²) in [6, 6.07) is 2.24. The molecule has 1 aromatic rings. The van der Waals surface area contributed by atoms with Gasteiger partial charge in [-0.1, -0.05) is 29.2 Å². The molecule has 150 valence electrons. The molecule has 1 aromatic heterocycles. The fourth-order valence-corrected chi connectivity index (χ4v) is 7.52. The van der Waals surface area contributed by atoms with Crippen LogP contribution in [0.4, 0.5) is 5.13 Å². The van der Waals surface area contributed by atoms with Crippen LogP contribution in [0.25, 0.3) is 0 Å². The second-order valence-electron chi connectivity index (χ2n) is 8.43. The van der Waals surface area contributed by atoms with Crippen LogP contribution in [0.5, 0.6) is 0 Å². The number of hydrogen-bond donors (Lipinski definition) is 1. The zero-order valence-electron chi connectivity index (χ0n) is 16.1. The van der Waals surface area contributed by atoms with Gasteiger partial charge in [0, 0.05) is 18.6 Å². The number of hydrogen-bond acceptors (Lipinski definition) is 7. The molecule has 8 heteroatoms. The topological polar surface area (TPSA) is 81.9 Å². The third-order valence-electron chi connectivity index (χ3n) is 6.45. The first-order valence-electron chi connectivity index (χ1n) is 10.1. The third kappa shape index (κ3) is 4.06. The molecule has 0 unspecified atom stereocenters. The van der Waals surface area contributed by atoms with Crippen LogP contribution in [0.2, 0.25) is 0 Å². The zero-order valence-corrected chi connectivity index (χ0v) is 17.7. The van der Waals surface area contributed by atoms with Crippen LogP contribution < -0.4 is 5.32 Å². The summed E-state index contributed by atoms with van der Waals surface area (Å²) >= 11 is 2.92. The van der Waals surface area contributed by atoms with Crippen LogP contribution in [-0.2, 0) is 4.79 Å². The Labute approximate surface area is 174 Å². The van der Waals surface area contributed by atoms with Crippen LogP contribution in [0.15, 0.2) is 17.0 Å². The van der Waals surface area contributed by atoms with Gasteiger partial charge in [-0.25, -0.2) is 0 Å². The molecule has 0 aliphatic heterocycles. The quantitative estimate of drug-likeness (QED) is 0.484. The van der Waals surface area contributed by atoms with Crippen molar-refractivity contribution in [3.63, 3.8) is 0 Å². The molecule has 0 saturated heterocycles. The second-order valence-corrected chi connectivity index (χ2v) is 10.6. The number of rotatable bonds is 9. The standard InChI is InChI=1S/C20H27N5OS2/c1-2-5-22-18-23-24-19(28-18)27-13-17(26)25(6-3-4-21)20-10-14-7-15(11-20)9-16(8-14)12-20/h2,14-16H,1,3,5-13H2,(H,22,23). The highest BCUT2D eigenvalue weighted by molar-refractivity contribution is 8.01. The summed E-state index contributed by atoms with van der Waals surface area (Å²) in [7, 11) is 0. The summed E-state index contributed by atoms with van der Waals surface area (Å²) in [6.45, 7) is 4.88. The Morgan fingerprint density at radius 2 is 2.00 bits per heavy atom. The molecule has 1 amide bonds. The first-order chi connectivity index (χ1) is 13.6. The van der Waals surface area contributed by atoms with E-state index in [4.69, 9.17) is 5.26 Å². The molecular weight excluding hydrogens is 390 g/mol. The maximum atomic E-state index is 13.2. The van der Waals surface area contributed by atoms with E-state index >= 15 is 0 Å². The minimum atomic E-state index is 0.00104. The number of nitriles is 1. The normalized spacial score (nSPS) is 30.0. The molecule has 0 spiro atoms. The Morgan fingerprint density at radius 3 is 2.61 bits per heavy atom. The number of carbonyl (C=O) groups excluding carboxylic acids is 1. The molecule has 4 aliphatic carbocycles. The first kappa shape index (κ1) is 19.7. The van der Waals surface area contributed by atoms with E-state index in [0.717, 1.165) is 46.5 Å². The van der Waals surface area contributed by atoms with Gasteiger partial charge < -0.3 is 10.2 Å². The molecule has 4 bridgehead atoms. The molecule has 0 radical (unpaired) electrons. The van der Waals surface area contributed by atoms with Crippen molar-refractivity contribution in [1.82, 2.24) is 15.1 Å². The fourth-order valence-electron chi connectivity index (χ4n) is 5.88. The number of nitrogens with zero attached hydrogens (tertiary/aromatic N) is 4. The second kappa shape index (κ2) is 8.42. The average Bonchev–Trinajstić information content (AvgIpc) is 3.11. The van der Waals surface area contributed by atoms with E-state index < -0.39 is 0 Å². The molecule has 4 saturated carbocycles. The van der Waals surface area contributed by atoms with Gasteiger partial charge in [-0.15, -0.1) is 16.8 Å². The van der Waals surface area contributed by atoms with Crippen LogP contribution in [-0.4, -0.2) is 45.4 Å². The van der Waals surface area contributed by atoms with Gasteiger partial charge in [0.15, 0.2) is 4.34 Å². The Morgan fingerprint density at radius 1 is 1.32 bits per heavy atom. The van der Waals surface area contributed by atoms with Crippen molar-refractivity contribution in [3.8, 4) is 6.07 Å². The minimum absolute atomic E-state index is 0.00104. The monoisotopic (exact) mass is 417 g/mol. The number of thioether (sulfide) groups is 1. The van der Waals surface area contributed by atoms with Gasteiger partial charge in [-0.2, -0.15) is 5.26 Å². The lowest BCUT2D eigenvalue weighted by atomic mass is 9.52. The first-order valence-corrected chi connectivity index (χ1v) is 11.9. The summed E-state index contributed by atoms with van der Waals surface area (Å²) in [5, 5.41) is 21.3. The van der Waals surface area contributed by atoms with E-state index in [2.05, 4.69) is 33.1 Å². The number of carbonyl (C=O) groups is 1. The van der Waals surface area contributed by atoms with Crippen molar-refractivity contribution in [2.45, 2.75) is 54.8 Å². The third-order valence-corrected chi connectivity index (χ3v) is 8.45. The van der Waals surface area contributed by atoms with Crippen molar-refractivity contribution in [3.05, 3.63) is 12.7 Å². The summed E-state index contributed by atoms with van der Waals surface area (Å²) < 4.78 is 0.797. The molecule has 1 N–H and O–H groups in total. The molecular formula is C20H27N5OS2. The number of nitrogens with one attached hydrogen (secondary N) is 1. The van der Waals surface area contributed by atoms with E-state index in [1.54, 1.807) is 6.08 Å². The average molecular weight is 418 g/mol. The van der Waals surface area contributed by atoms with E-state index in [-0.39, 0.29) is 11.4 Å². The number of amides is 1. The van der Waals surface area contributed by atoms with Crippen molar-refractivity contribution < 1.29 is 4.79 Å². The summed E-state index contributed by atoms with van der Waals surface area (Å²) in [5.74, 6) is 2.84. The predicted molar refractivity (Wildman–Crippen MR) is 112 cm³/mol. The van der Waals surface area contributed by atoms with Crippen molar-refractivity contribution in [2.75, 3.05) is 24.2 Å². The largest absolute Gasteiger partial charge is 0.357 e. The molecule has 5 rings (SSSR count). The van der Waals surface area contributed by atoms with E-state index in [1.807, 2.05) is 0 Å². The highest BCUT2D eigenvalue weighted by Crippen LogP contribution is 2.57. The Hall–Kier alpha value is -1.59. The molecule has 6 nitrogen and oxygen atoms in total. The Balaban J connectivity index is 1.42. The number of anilines is 1. The zero-order chi connectivity index (χ0) is 19.6. The highest BCUT2D eigenvalue weighted by atomic mass is 32.2. The van der Waals surface area contributed by atoms with Gasteiger partial charge in [0.25, 0.3) is 0 Å². The van der Waals surface area contributed by atoms with Crippen LogP contribution in [0, 0.1) is 29.1 Å². The SMILES string of the molecule is C=CCNc1nnc(SCC(=O)N(CCC#N)C23CC4CC(CC(C4)C2)C3)s1. The Bertz CT molecular complexity index is 736. The molecule has 4 fully saturated rings. The minimum Gasteiger partial charge on any atom is -0.357 e. The van der Waals surface area contributed by atoms with Crippen LogP contribution in [0.1, 0.15) is 44.9 Å². The van der Waals surface area contributed by atoms with Crippen LogP contribution in [0.3, 0.4) is 0 Å². The predicted octanol–water partition coefficient (Wildman–Crippen LogP) is 3.94. The van der Waals surface area contributed by atoms with E-state index in [9.17, 15) is 4.79 Å². The molecule has 1 heterocycles. The fraction of sp³-hybridized carbons (Fsp3) is 0.700. The van der Waals surface area contributed by atoms with Gasteiger partial charge in [0.1, 0.15) is 0 Å². The smallest absolute Gasteiger partial charge is 0.233 e. The van der Waals surface area contributed by atoms with Crippen molar-refractivity contribution >= 4 is 34.1 Å². The van der Waals surface area contributed by atoms with Gasteiger partial charge >= 0.3 is 0 Å². The summed E-state index contributed by atoms with van der Waals surface area (Å²) in [6.07, 6.45) is 9.63. The van der Waals surface area contributed by atoms with E-state index in [0.29, 0.717) is 25.3 Å². The number of aromatic nitrogens is 2. The molecule has 4 aliphatic rings. The lowest BCUT2D eigenvalue weighted by Crippen LogP contribution is -2.62. The molecule has 0 aromatic carbocycles. The van der Waals surface area contributed by atoms with Gasteiger partial charge in [-0.05, 0) is 56.3 Å². The molecule has 0 atom stereocenters. The maximum absolute atomic E-state index is 13.2. The lowest BCUT2D eigenvalue weighted by Gasteiger charge is -2.60. The van der Waals surface area contributed by atoms with E-state index in [1.165, 1.54) is 42.4 Å². The van der Waals surface area contributed by atoms with Crippen molar-refractivity contribution in [1.29, 1.82) is 5.26 Å². The lowest BCUT2D eigenvalue weighted by molar-refractivity contribution is -0.147. The van der Waals surface area contributed by atoms with Crippen molar-refractivity contribution in [2.24, 2.45) is 17.8 Å². The highest BCUT2D eigenvalue weighted by Gasteiger charge is 2.54. The summed E-state index contributed by atoms with van der Waals surface area (Å²) in [4.78, 5) is 15.3. The molecule has 28 heavy (non-hydrogen) atoms.